The molecular weight excluding hydrogens is 597 g/mol. The van der Waals surface area contributed by atoms with Crippen LogP contribution in [0.2, 0.25) is 0 Å². The molecule has 1 aliphatic heterocycles. The second kappa shape index (κ2) is 15.4. The molecule has 0 fully saturated rings. The fourth-order valence-corrected chi connectivity index (χ4v) is 6.62. The highest BCUT2D eigenvalue weighted by Crippen LogP contribution is 2.43. The van der Waals surface area contributed by atoms with Gasteiger partial charge in [0.25, 0.3) is 0 Å². The monoisotopic (exact) mass is 640 g/mol. The first-order valence-corrected chi connectivity index (χ1v) is 17.0. The number of aryl methyl sites for hydroxylation is 1. The van der Waals surface area contributed by atoms with Crippen molar-refractivity contribution >= 4 is 44.5 Å². The van der Waals surface area contributed by atoms with Crippen molar-refractivity contribution in [2.75, 3.05) is 4.90 Å². The molecule has 0 spiro atoms. The number of hydrogen-bond acceptors (Lipinski definition) is 3. The summed E-state index contributed by atoms with van der Waals surface area (Å²) >= 11 is 0. The first-order chi connectivity index (χ1) is 24.1. The van der Waals surface area contributed by atoms with Crippen LogP contribution in [0.3, 0.4) is 0 Å². The quantitative estimate of drug-likeness (QED) is 0.114. The van der Waals surface area contributed by atoms with Gasteiger partial charge in [-0.05, 0) is 65.0 Å². The first-order valence-electron chi connectivity index (χ1n) is 17.0. The molecule has 2 aliphatic rings. The summed E-state index contributed by atoms with van der Waals surface area (Å²) in [5, 5.41) is 2.54. The SMILES string of the molecule is C=C1/C=C\C=C/N(c2ccccc2)c2c1ccc1c3ccccc3n(C)c21.CC.NNC(=C1CC=CC1)c1ccc(-c2ccccc2)cc1. The van der Waals surface area contributed by atoms with E-state index in [9.17, 15) is 0 Å². The maximum absolute atomic E-state index is 5.70. The number of anilines is 2. The zero-order valence-corrected chi connectivity index (χ0v) is 28.6. The minimum absolute atomic E-state index is 0.986. The summed E-state index contributed by atoms with van der Waals surface area (Å²) in [5.41, 5.74) is 15.8. The Balaban J connectivity index is 0.000000169. The summed E-state index contributed by atoms with van der Waals surface area (Å²) in [6.07, 6.45) is 14.7. The van der Waals surface area contributed by atoms with E-state index in [1.54, 1.807) is 0 Å². The molecule has 0 atom stereocenters. The minimum atomic E-state index is 0.986. The Kier molecular flexibility index (Phi) is 10.4. The lowest BCUT2D eigenvalue weighted by molar-refractivity contribution is 0.964. The third-order valence-electron chi connectivity index (χ3n) is 8.98. The van der Waals surface area contributed by atoms with Crippen molar-refractivity contribution < 1.29 is 0 Å². The second-order valence-corrected chi connectivity index (χ2v) is 11.8. The van der Waals surface area contributed by atoms with Crippen molar-refractivity contribution in [3.05, 3.63) is 181 Å². The molecule has 2 heterocycles. The number of hydrogen-bond donors (Lipinski definition) is 2. The Hall–Kier alpha value is -5.84. The average molecular weight is 641 g/mol. The average Bonchev–Trinajstić information content (AvgIpc) is 3.80. The van der Waals surface area contributed by atoms with Crippen molar-refractivity contribution in [2.45, 2.75) is 26.7 Å². The lowest BCUT2D eigenvalue weighted by Crippen LogP contribution is -2.21. The number of nitrogens with one attached hydrogen (secondary N) is 1. The molecular formula is C45H44N4. The summed E-state index contributed by atoms with van der Waals surface area (Å²) in [4.78, 5) is 2.27. The highest BCUT2D eigenvalue weighted by Gasteiger charge is 2.21. The molecule has 4 heteroatoms. The third kappa shape index (κ3) is 6.78. The fourth-order valence-electron chi connectivity index (χ4n) is 6.62. The van der Waals surface area contributed by atoms with Crippen LogP contribution in [0.15, 0.2) is 170 Å². The molecule has 0 bridgehead atoms. The molecule has 3 N–H and O–H groups in total. The van der Waals surface area contributed by atoms with E-state index in [1.165, 1.54) is 44.2 Å². The van der Waals surface area contributed by atoms with Gasteiger partial charge in [0.2, 0.25) is 0 Å². The van der Waals surface area contributed by atoms with Crippen LogP contribution < -0.4 is 16.2 Å². The molecule has 0 amide bonds. The van der Waals surface area contributed by atoms with E-state index in [2.05, 4.69) is 168 Å². The van der Waals surface area contributed by atoms with Crippen LogP contribution in [0.1, 0.15) is 37.8 Å². The molecule has 0 radical (unpaired) electrons. The molecule has 1 aliphatic carbocycles. The summed E-state index contributed by atoms with van der Waals surface area (Å²) in [5.74, 6) is 5.70. The Bertz CT molecular complexity index is 2170. The van der Waals surface area contributed by atoms with Crippen molar-refractivity contribution in [3.8, 4) is 11.1 Å². The van der Waals surface area contributed by atoms with Crippen LogP contribution >= 0.6 is 0 Å². The van der Waals surface area contributed by atoms with Crippen LogP contribution in [-0.4, -0.2) is 4.57 Å². The van der Waals surface area contributed by atoms with E-state index in [-0.39, 0.29) is 0 Å². The summed E-state index contributed by atoms with van der Waals surface area (Å²) in [6.45, 7) is 8.32. The van der Waals surface area contributed by atoms with Gasteiger partial charge in [-0.1, -0.05) is 148 Å². The molecule has 0 unspecified atom stereocenters. The maximum atomic E-state index is 5.70. The lowest BCUT2D eigenvalue weighted by atomic mass is 9.99. The lowest BCUT2D eigenvalue weighted by Gasteiger charge is -2.26. The molecule has 5 aromatic carbocycles. The summed E-state index contributed by atoms with van der Waals surface area (Å²) in [7, 11) is 2.15. The predicted molar refractivity (Wildman–Crippen MR) is 212 cm³/mol. The topological polar surface area (TPSA) is 46.2 Å². The number of rotatable bonds is 4. The number of aromatic nitrogens is 1. The van der Waals surface area contributed by atoms with E-state index in [1.807, 2.05) is 32.1 Å². The number of allylic oxidation sites excluding steroid dienone is 7. The van der Waals surface area contributed by atoms with Gasteiger partial charge in [-0.2, -0.15) is 0 Å². The minimum Gasteiger partial charge on any atom is -0.342 e. The Labute approximate surface area is 290 Å². The van der Waals surface area contributed by atoms with E-state index in [0.717, 1.165) is 40.9 Å². The normalized spacial score (nSPS) is 14.6. The van der Waals surface area contributed by atoms with Gasteiger partial charge >= 0.3 is 0 Å². The van der Waals surface area contributed by atoms with Crippen molar-refractivity contribution in [3.63, 3.8) is 0 Å². The number of nitrogens with zero attached hydrogens (tertiary/aromatic N) is 2. The standard InChI is InChI=1S/C25H20N2.C18H18N2.C2H6/c1-18-10-8-9-17-27(19-11-4-3-5-12-19)25-20(18)15-16-22-21-13-6-7-14-23(21)26(2)24(22)25;19-20-18(16-8-4-5-9-16)17-12-10-15(11-13-17)14-6-2-1-3-7-14;1-2/h3-17H,1H2,2H3;1-7,10-13,20H,8-9,19H2;1-2H3/b10-8-,17-9-;;. The number of fused-ring (bicyclic) bond motifs is 5. The van der Waals surface area contributed by atoms with Crippen molar-refractivity contribution in [1.29, 1.82) is 0 Å². The fraction of sp³-hybridized carbons (Fsp3) is 0.111. The number of benzene rings is 5. The summed E-state index contributed by atoms with van der Waals surface area (Å²) in [6, 6.07) is 42.4. The van der Waals surface area contributed by atoms with E-state index in [0.29, 0.717) is 0 Å². The van der Waals surface area contributed by atoms with Gasteiger partial charge in [0.1, 0.15) is 0 Å². The highest BCUT2D eigenvalue weighted by molar-refractivity contribution is 6.15. The van der Waals surface area contributed by atoms with Crippen LogP contribution in [0.25, 0.3) is 44.2 Å². The van der Waals surface area contributed by atoms with E-state index < -0.39 is 0 Å². The zero-order valence-electron chi connectivity index (χ0n) is 28.6. The van der Waals surface area contributed by atoms with Gasteiger partial charge in [0.15, 0.2) is 0 Å². The molecule has 244 valence electrons. The number of hydrazine groups is 1. The largest absolute Gasteiger partial charge is 0.342 e. The molecule has 4 nitrogen and oxygen atoms in total. The molecule has 0 saturated carbocycles. The van der Waals surface area contributed by atoms with Gasteiger partial charge in [-0.3, -0.25) is 5.84 Å². The van der Waals surface area contributed by atoms with Crippen LogP contribution in [0, 0.1) is 0 Å². The summed E-state index contributed by atoms with van der Waals surface area (Å²) < 4.78 is 2.30. The van der Waals surface area contributed by atoms with Crippen molar-refractivity contribution in [2.24, 2.45) is 12.9 Å². The van der Waals surface area contributed by atoms with Gasteiger partial charge in [-0.25, -0.2) is 0 Å². The molecule has 49 heavy (non-hydrogen) atoms. The Morgan fingerprint density at radius 3 is 2.02 bits per heavy atom. The first kappa shape index (κ1) is 33.1. The van der Waals surface area contributed by atoms with Crippen LogP contribution in [0.5, 0.6) is 0 Å². The third-order valence-corrected chi connectivity index (χ3v) is 8.98. The van der Waals surface area contributed by atoms with Gasteiger partial charge in [-0.15, -0.1) is 0 Å². The number of nitrogens with two attached hydrogens (primary N) is 1. The molecule has 8 rings (SSSR count). The van der Waals surface area contributed by atoms with Crippen LogP contribution in [-0.2, 0) is 7.05 Å². The van der Waals surface area contributed by atoms with Crippen LogP contribution in [0.4, 0.5) is 11.4 Å². The van der Waals surface area contributed by atoms with E-state index >= 15 is 0 Å². The Morgan fingerprint density at radius 2 is 1.33 bits per heavy atom. The molecule has 1 aromatic heterocycles. The highest BCUT2D eigenvalue weighted by atomic mass is 15.2. The van der Waals surface area contributed by atoms with E-state index in [4.69, 9.17) is 5.84 Å². The van der Waals surface area contributed by atoms with Gasteiger partial charge < -0.3 is 14.9 Å². The Morgan fingerprint density at radius 1 is 0.694 bits per heavy atom. The zero-order chi connectivity index (χ0) is 34.2. The molecule has 6 aromatic rings. The maximum Gasteiger partial charge on any atom is 0.0779 e. The van der Waals surface area contributed by atoms with Gasteiger partial charge in [0.05, 0.1) is 16.9 Å². The second-order valence-electron chi connectivity index (χ2n) is 11.8. The molecule has 0 saturated heterocycles. The van der Waals surface area contributed by atoms with Crippen molar-refractivity contribution in [1.82, 2.24) is 9.99 Å². The number of para-hydroxylation sites is 2. The smallest absolute Gasteiger partial charge is 0.0779 e. The van der Waals surface area contributed by atoms with Gasteiger partial charge in [0, 0.05) is 40.8 Å². The predicted octanol–water partition coefficient (Wildman–Crippen LogP) is 11.5.